The molecule has 238 valence electrons. The number of carbonyl (C=O) groups excluding carboxylic acids is 1. The number of fused-ring (bicyclic) bond motifs is 1. The zero-order valence-electron chi connectivity index (χ0n) is 26.9. The average Bonchev–Trinajstić information content (AvgIpc) is 3.42. The zero-order chi connectivity index (χ0) is 32.5. The van der Waals surface area contributed by atoms with Gasteiger partial charge in [-0.05, 0) is 82.9 Å². The minimum absolute atomic E-state index is 0.133. The van der Waals surface area contributed by atoms with Gasteiger partial charge in [-0.25, -0.2) is 13.7 Å². The van der Waals surface area contributed by atoms with E-state index in [1.165, 1.54) is 13.2 Å². The average molecular weight is 616 g/mol. The molecule has 0 saturated carbocycles. The van der Waals surface area contributed by atoms with Crippen LogP contribution in [-0.4, -0.2) is 58.7 Å². The van der Waals surface area contributed by atoms with Crippen molar-refractivity contribution in [2.75, 3.05) is 31.7 Å². The number of ether oxygens (including phenoxy) is 3. The summed E-state index contributed by atoms with van der Waals surface area (Å²) in [6.07, 6.45) is 4.30. The molecular formula is C36H42FN3O5. The number of rotatable bonds is 9. The Hall–Kier alpha value is -4.21. The quantitative estimate of drug-likeness (QED) is 0.155. The van der Waals surface area contributed by atoms with E-state index in [-0.39, 0.29) is 11.4 Å². The van der Waals surface area contributed by atoms with E-state index in [2.05, 4.69) is 18.4 Å². The van der Waals surface area contributed by atoms with Crippen molar-refractivity contribution in [2.24, 2.45) is 0 Å². The summed E-state index contributed by atoms with van der Waals surface area (Å²) in [6.45, 7) is 15.5. The van der Waals surface area contributed by atoms with Gasteiger partial charge in [-0.3, -0.25) is 0 Å². The molecule has 1 unspecified atom stereocenters. The molecule has 1 aliphatic rings. The van der Waals surface area contributed by atoms with Crippen molar-refractivity contribution in [1.82, 2.24) is 9.61 Å². The Morgan fingerprint density at radius 1 is 1.16 bits per heavy atom. The monoisotopic (exact) mass is 615 g/mol. The smallest absolute Gasteiger partial charge is 0.339 e. The maximum absolute atomic E-state index is 13.7. The van der Waals surface area contributed by atoms with Gasteiger partial charge in [0.1, 0.15) is 11.6 Å². The number of aryl methyl sites for hydroxylation is 1. The molecule has 1 aliphatic heterocycles. The number of aromatic hydroxyl groups is 1. The number of nitrogens with zero attached hydrogens (tertiary/aromatic N) is 3. The first-order valence-electron chi connectivity index (χ1n) is 15.2. The van der Waals surface area contributed by atoms with E-state index in [9.17, 15) is 14.3 Å². The van der Waals surface area contributed by atoms with Crippen LogP contribution in [0.4, 0.5) is 10.1 Å². The fraction of sp³-hybridized carbons (Fsp3) is 0.389. The predicted octanol–water partition coefficient (Wildman–Crippen LogP) is 7.41. The lowest BCUT2D eigenvalue weighted by Gasteiger charge is -2.41. The van der Waals surface area contributed by atoms with Gasteiger partial charge in [-0.15, -0.1) is 6.58 Å². The molecular weight excluding hydrogens is 573 g/mol. The second kappa shape index (κ2) is 12.7. The number of aromatic nitrogens is 2. The summed E-state index contributed by atoms with van der Waals surface area (Å²) >= 11 is 0. The number of piperidine rings is 1. The summed E-state index contributed by atoms with van der Waals surface area (Å²) in [5, 5.41) is 15.4. The number of hydrogen-bond donors (Lipinski definition) is 1. The van der Waals surface area contributed by atoms with Crippen LogP contribution < -0.4 is 4.90 Å². The number of phenolic OH excluding ortho intramolecular Hbond substituents is 1. The summed E-state index contributed by atoms with van der Waals surface area (Å²) in [6, 6.07) is 13.6. The van der Waals surface area contributed by atoms with Crippen LogP contribution in [0.15, 0.2) is 67.4 Å². The first-order chi connectivity index (χ1) is 21.3. The molecule has 8 nitrogen and oxygen atoms in total. The molecule has 0 spiro atoms. The molecule has 0 radical (unpaired) electrons. The zero-order valence-corrected chi connectivity index (χ0v) is 26.9. The van der Waals surface area contributed by atoms with Crippen LogP contribution in [0.5, 0.6) is 5.75 Å². The molecule has 2 aromatic carbocycles. The van der Waals surface area contributed by atoms with Gasteiger partial charge in [0.25, 0.3) is 0 Å². The van der Waals surface area contributed by atoms with Crippen molar-refractivity contribution in [3.63, 3.8) is 0 Å². The van der Waals surface area contributed by atoms with E-state index in [4.69, 9.17) is 19.3 Å². The van der Waals surface area contributed by atoms with Gasteiger partial charge in [-0.2, -0.15) is 5.10 Å². The van der Waals surface area contributed by atoms with Crippen molar-refractivity contribution in [2.45, 2.75) is 64.8 Å². The molecule has 1 saturated heterocycles. The largest absolute Gasteiger partial charge is 0.507 e. The minimum Gasteiger partial charge on any atom is -0.507 e. The Kier molecular flexibility index (Phi) is 9.05. The SMILES string of the molecule is C=CCOC1(C)CCN(c2c(C(OC(C)(C)C)C(=O)OC)c(C)cn3nc(-c4cccc(-c5ccc(F)cc5O)c4)cc23)CC1. The maximum Gasteiger partial charge on any atom is 0.339 e. The summed E-state index contributed by atoms with van der Waals surface area (Å²) in [4.78, 5) is 15.6. The first-order valence-corrected chi connectivity index (χ1v) is 15.2. The van der Waals surface area contributed by atoms with Crippen LogP contribution >= 0.6 is 0 Å². The summed E-state index contributed by atoms with van der Waals surface area (Å²) < 4.78 is 33.3. The van der Waals surface area contributed by atoms with Crippen LogP contribution in [0, 0.1) is 12.7 Å². The lowest BCUT2D eigenvalue weighted by Crippen LogP contribution is -2.45. The van der Waals surface area contributed by atoms with Crippen molar-refractivity contribution < 1.29 is 28.5 Å². The second-order valence-corrected chi connectivity index (χ2v) is 12.8. The molecule has 1 N–H and O–H groups in total. The van der Waals surface area contributed by atoms with Crippen LogP contribution in [0.3, 0.4) is 0 Å². The van der Waals surface area contributed by atoms with E-state index in [0.29, 0.717) is 31.0 Å². The summed E-state index contributed by atoms with van der Waals surface area (Å²) in [5.41, 5.74) is 5.16. The van der Waals surface area contributed by atoms with Crippen molar-refractivity contribution in [3.8, 4) is 28.1 Å². The number of benzene rings is 2. The number of pyridine rings is 1. The standard InChI is InChI=1S/C36H42FN3O5/c1-8-18-44-36(6)14-16-39(17-15-36)32-29-21-28(25-11-9-10-24(19-25)27-13-12-26(37)20-30(27)41)38-40(29)22-23(2)31(32)33(34(42)43-7)45-35(3,4)5/h8-13,19-22,33,41H,1,14-18H2,2-7H3. The molecule has 2 aromatic heterocycles. The van der Waals surface area contributed by atoms with E-state index in [1.54, 1.807) is 12.1 Å². The van der Waals surface area contributed by atoms with Gasteiger partial charge in [0.2, 0.25) is 0 Å². The summed E-state index contributed by atoms with van der Waals surface area (Å²) in [5.74, 6) is -1.11. The van der Waals surface area contributed by atoms with E-state index in [0.717, 1.165) is 52.4 Å². The topological polar surface area (TPSA) is 85.5 Å². The fourth-order valence-electron chi connectivity index (χ4n) is 5.94. The van der Waals surface area contributed by atoms with Crippen LogP contribution in [0.1, 0.15) is 57.8 Å². The fourth-order valence-corrected chi connectivity index (χ4v) is 5.94. The molecule has 9 heteroatoms. The highest BCUT2D eigenvalue weighted by molar-refractivity contribution is 5.88. The summed E-state index contributed by atoms with van der Waals surface area (Å²) in [7, 11) is 1.38. The highest BCUT2D eigenvalue weighted by Crippen LogP contribution is 2.42. The van der Waals surface area contributed by atoms with Crippen molar-refractivity contribution in [1.29, 1.82) is 0 Å². The van der Waals surface area contributed by atoms with Gasteiger partial charge in [-0.1, -0.05) is 24.3 Å². The number of hydrogen-bond acceptors (Lipinski definition) is 7. The van der Waals surface area contributed by atoms with E-state index >= 15 is 0 Å². The molecule has 5 rings (SSSR count). The second-order valence-electron chi connectivity index (χ2n) is 12.8. The lowest BCUT2D eigenvalue weighted by atomic mass is 9.91. The number of halogens is 1. The molecule has 0 aliphatic carbocycles. The van der Waals surface area contributed by atoms with E-state index in [1.807, 2.05) is 68.7 Å². The Balaban J connectivity index is 1.66. The highest BCUT2D eigenvalue weighted by atomic mass is 19.1. The van der Waals surface area contributed by atoms with Crippen LogP contribution in [0.25, 0.3) is 27.9 Å². The van der Waals surface area contributed by atoms with Gasteiger partial charge in [0.15, 0.2) is 6.10 Å². The molecule has 3 heterocycles. The Morgan fingerprint density at radius 2 is 1.87 bits per heavy atom. The first kappa shape index (κ1) is 32.2. The number of esters is 1. The van der Waals surface area contributed by atoms with Crippen molar-refractivity contribution in [3.05, 3.63) is 84.3 Å². The number of anilines is 1. The molecule has 4 aromatic rings. The number of methoxy groups -OCH3 is 1. The molecule has 1 atom stereocenters. The molecule has 45 heavy (non-hydrogen) atoms. The maximum atomic E-state index is 13.7. The van der Waals surface area contributed by atoms with Gasteiger partial charge >= 0.3 is 5.97 Å². The predicted molar refractivity (Wildman–Crippen MR) is 174 cm³/mol. The number of phenols is 1. The van der Waals surface area contributed by atoms with Crippen LogP contribution in [-0.2, 0) is 19.0 Å². The minimum atomic E-state index is -0.955. The third-order valence-corrected chi connectivity index (χ3v) is 8.24. The normalized spacial score (nSPS) is 15.7. The Bertz CT molecular complexity index is 1720. The molecule has 0 bridgehead atoms. The Labute approximate surface area is 264 Å². The molecule has 0 amide bonds. The van der Waals surface area contributed by atoms with Gasteiger partial charge in [0.05, 0.1) is 41.8 Å². The van der Waals surface area contributed by atoms with Crippen LogP contribution in [0.2, 0.25) is 0 Å². The molecule has 1 fully saturated rings. The number of carbonyl (C=O) groups is 1. The third-order valence-electron chi connectivity index (χ3n) is 8.24. The lowest BCUT2D eigenvalue weighted by molar-refractivity contribution is -0.164. The highest BCUT2D eigenvalue weighted by Gasteiger charge is 2.37. The van der Waals surface area contributed by atoms with Gasteiger partial charge < -0.3 is 24.2 Å². The van der Waals surface area contributed by atoms with Gasteiger partial charge in [0, 0.05) is 42.0 Å². The van der Waals surface area contributed by atoms with E-state index < -0.39 is 23.5 Å². The van der Waals surface area contributed by atoms with Crippen molar-refractivity contribution >= 4 is 17.2 Å². The third kappa shape index (κ3) is 6.89. The Morgan fingerprint density at radius 3 is 2.51 bits per heavy atom.